The van der Waals surface area contributed by atoms with Crippen LogP contribution in [0.25, 0.3) is 10.9 Å². The Bertz CT molecular complexity index is 1160. The number of ether oxygens (including phenoxy) is 1. The first kappa shape index (κ1) is 20.0. The van der Waals surface area contributed by atoms with Gasteiger partial charge in [-0.05, 0) is 55.8 Å². The van der Waals surface area contributed by atoms with Crippen molar-refractivity contribution in [3.8, 4) is 5.75 Å². The minimum Gasteiger partial charge on any atom is -0.479 e. The Morgan fingerprint density at radius 3 is 2.79 bits per heavy atom. The molecular weight excluding hydrogens is 450 g/mol. The number of aryl methyl sites for hydroxylation is 1. The van der Waals surface area contributed by atoms with E-state index in [0.29, 0.717) is 22.3 Å². The van der Waals surface area contributed by atoms with Gasteiger partial charge in [-0.25, -0.2) is 9.78 Å². The Labute approximate surface area is 173 Å². The van der Waals surface area contributed by atoms with E-state index in [4.69, 9.17) is 21.4 Å². The minimum atomic E-state index is -1.09. The van der Waals surface area contributed by atoms with Gasteiger partial charge in [-0.1, -0.05) is 27.5 Å². The van der Waals surface area contributed by atoms with Crippen LogP contribution >= 0.6 is 27.5 Å². The van der Waals surface area contributed by atoms with Gasteiger partial charge in [0.2, 0.25) is 0 Å². The van der Waals surface area contributed by atoms with Crippen LogP contribution in [0.3, 0.4) is 0 Å². The SMILES string of the molecule is Cc1nc2ccc(Br)cc2c(=O)n1N=Cc1ccc(O[C@@H](C)C(=O)O)c(Cl)c1. The first-order valence-electron chi connectivity index (χ1n) is 8.18. The van der Waals surface area contributed by atoms with Crippen molar-refractivity contribution in [3.05, 3.63) is 67.6 Å². The van der Waals surface area contributed by atoms with Crippen molar-refractivity contribution in [2.45, 2.75) is 20.0 Å². The molecule has 3 aromatic rings. The maximum atomic E-state index is 12.7. The number of nitrogens with zero attached hydrogens (tertiary/aromatic N) is 3. The highest BCUT2D eigenvalue weighted by atomic mass is 79.9. The van der Waals surface area contributed by atoms with Gasteiger partial charge in [0.05, 0.1) is 22.1 Å². The molecule has 0 fully saturated rings. The molecule has 0 saturated heterocycles. The quantitative estimate of drug-likeness (QED) is 0.579. The van der Waals surface area contributed by atoms with Crippen LogP contribution in [0.15, 0.2) is 50.8 Å². The molecule has 0 unspecified atom stereocenters. The van der Waals surface area contributed by atoms with Gasteiger partial charge in [-0.3, -0.25) is 4.79 Å². The lowest BCUT2D eigenvalue weighted by atomic mass is 10.2. The van der Waals surface area contributed by atoms with Gasteiger partial charge in [0, 0.05) is 4.47 Å². The third-order valence-electron chi connectivity index (χ3n) is 3.90. The molecule has 0 amide bonds. The molecule has 0 aliphatic rings. The van der Waals surface area contributed by atoms with Crippen molar-refractivity contribution in [3.63, 3.8) is 0 Å². The second kappa shape index (κ2) is 8.12. The van der Waals surface area contributed by atoms with E-state index in [1.807, 2.05) is 6.07 Å². The van der Waals surface area contributed by atoms with Crippen LogP contribution in [-0.2, 0) is 4.79 Å². The van der Waals surface area contributed by atoms with Crippen molar-refractivity contribution in [1.29, 1.82) is 0 Å². The maximum absolute atomic E-state index is 12.7. The van der Waals surface area contributed by atoms with Crippen molar-refractivity contribution in [2.75, 3.05) is 0 Å². The molecular formula is C19H15BrClN3O4. The highest BCUT2D eigenvalue weighted by molar-refractivity contribution is 9.10. The molecule has 28 heavy (non-hydrogen) atoms. The molecule has 0 aliphatic heterocycles. The van der Waals surface area contributed by atoms with Gasteiger partial charge in [0.15, 0.2) is 6.10 Å². The predicted octanol–water partition coefficient (Wildman–Crippen LogP) is 3.85. The lowest BCUT2D eigenvalue weighted by molar-refractivity contribution is -0.144. The summed E-state index contributed by atoms with van der Waals surface area (Å²) in [7, 11) is 0. The summed E-state index contributed by atoms with van der Waals surface area (Å²) in [5.74, 6) is -0.399. The van der Waals surface area contributed by atoms with Gasteiger partial charge >= 0.3 is 5.97 Å². The van der Waals surface area contributed by atoms with E-state index < -0.39 is 12.1 Å². The first-order valence-corrected chi connectivity index (χ1v) is 9.35. The molecule has 0 spiro atoms. The minimum absolute atomic E-state index is 0.238. The summed E-state index contributed by atoms with van der Waals surface area (Å²) >= 11 is 9.50. The van der Waals surface area contributed by atoms with Crippen molar-refractivity contribution in [2.24, 2.45) is 5.10 Å². The number of hydrogen-bond donors (Lipinski definition) is 1. The number of aromatic nitrogens is 2. The summed E-state index contributed by atoms with van der Waals surface area (Å²) < 4.78 is 7.26. The average Bonchev–Trinajstić information content (AvgIpc) is 2.64. The summed E-state index contributed by atoms with van der Waals surface area (Å²) in [6.45, 7) is 3.10. The molecule has 1 aromatic heterocycles. The Balaban J connectivity index is 1.93. The average molecular weight is 465 g/mol. The molecule has 7 nitrogen and oxygen atoms in total. The highest BCUT2D eigenvalue weighted by Gasteiger charge is 2.14. The van der Waals surface area contributed by atoms with Crippen molar-refractivity contribution in [1.82, 2.24) is 9.66 Å². The summed E-state index contributed by atoms with van der Waals surface area (Å²) in [4.78, 5) is 28.0. The van der Waals surface area contributed by atoms with Gasteiger partial charge < -0.3 is 9.84 Å². The first-order chi connectivity index (χ1) is 13.3. The van der Waals surface area contributed by atoms with Crippen LogP contribution in [0, 0.1) is 6.92 Å². The van der Waals surface area contributed by atoms with Crippen LogP contribution in [0.1, 0.15) is 18.3 Å². The van der Waals surface area contributed by atoms with Gasteiger partial charge in [0.1, 0.15) is 11.6 Å². The van der Waals surface area contributed by atoms with Gasteiger partial charge in [-0.2, -0.15) is 9.78 Å². The molecule has 0 radical (unpaired) electrons. The number of fused-ring (bicyclic) bond motifs is 1. The molecule has 0 bridgehead atoms. The number of carboxylic acid groups (broad SMARTS) is 1. The van der Waals surface area contributed by atoms with Crippen molar-refractivity contribution < 1.29 is 14.6 Å². The molecule has 3 rings (SSSR count). The Kier molecular flexibility index (Phi) is 5.81. The van der Waals surface area contributed by atoms with E-state index in [0.717, 1.165) is 4.47 Å². The Morgan fingerprint density at radius 1 is 1.36 bits per heavy atom. The summed E-state index contributed by atoms with van der Waals surface area (Å²) in [6.07, 6.45) is 0.442. The van der Waals surface area contributed by atoms with Crippen LogP contribution in [0.4, 0.5) is 0 Å². The van der Waals surface area contributed by atoms with Gasteiger partial charge in [-0.15, -0.1) is 0 Å². The third-order valence-corrected chi connectivity index (χ3v) is 4.69. The zero-order chi connectivity index (χ0) is 20.4. The number of benzene rings is 2. The normalized spacial score (nSPS) is 12.4. The number of carboxylic acids is 1. The Morgan fingerprint density at radius 2 is 2.11 bits per heavy atom. The summed E-state index contributed by atoms with van der Waals surface area (Å²) in [6, 6.07) is 10.1. The monoisotopic (exact) mass is 463 g/mol. The maximum Gasteiger partial charge on any atom is 0.344 e. The number of carbonyl (C=O) groups is 1. The highest BCUT2D eigenvalue weighted by Crippen LogP contribution is 2.26. The van der Waals surface area contributed by atoms with Crippen LogP contribution in [0.5, 0.6) is 5.75 Å². The largest absolute Gasteiger partial charge is 0.479 e. The molecule has 0 saturated carbocycles. The molecule has 2 aromatic carbocycles. The molecule has 144 valence electrons. The second-order valence-corrected chi connectivity index (χ2v) is 7.29. The lowest BCUT2D eigenvalue weighted by Gasteiger charge is -2.12. The fraction of sp³-hybridized carbons (Fsp3) is 0.158. The predicted molar refractivity (Wildman–Crippen MR) is 111 cm³/mol. The van der Waals surface area contributed by atoms with E-state index in [1.54, 1.807) is 37.3 Å². The number of halogens is 2. The number of hydrogen-bond acceptors (Lipinski definition) is 5. The Hall–Kier alpha value is -2.71. The summed E-state index contributed by atoms with van der Waals surface area (Å²) in [5.41, 5.74) is 0.914. The molecule has 1 N–H and O–H groups in total. The topological polar surface area (TPSA) is 93.8 Å². The fourth-order valence-corrected chi connectivity index (χ4v) is 3.05. The second-order valence-electron chi connectivity index (χ2n) is 5.97. The molecule has 1 atom stereocenters. The standard InChI is InChI=1S/C19H15BrClN3O4/c1-10(19(26)27)28-17-6-3-12(7-15(17)21)9-22-24-11(2)23-16-5-4-13(20)8-14(16)18(24)25/h3-10H,1-2H3,(H,26,27)/t10-/m0/s1. The molecule has 1 heterocycles. The van der Waals surface area contributed by atoms with E-state index >= 15 is 0 Å². The number of rotatable bonds is 5. The van der Waals surface area contributed by atoms with Crippen LogP contribution < -0.4 is 10.3 Å². The zero-order valence-electron chi connectivity index (χ0n) is 14.9. The fourth-order valence-electron chi connectivity index (χ4n) is 2.45. The van der Waals surface area contributed by atoms with E-state index in [2.05, 4.69) is 26.0 Å². The van der Waals surface area contributed by atoms with E-state index in [1.165, 1.54) is 17.8 Å². The zero-order valence-corrected chi connectivity index (χ0v) is 17.2. The summed E-state index contributed by atoms with van der Waals surface area (Å²) in [5, 5.41) is 13.8. The van der Waals surface area contributed by atoms with Gasteiger partial charge in [0.25, 0.3) is 5.56 Å². The number of aliphatic carboxylic acids is 1. The third kappa shape index (κ3) is 4.23. The smallest absolute Gasteiger partial charge is 0.344 e. The van der Waals surface area contributed by atoms with Crippen molar-refractivity contribution >= 4 is 50.6 Å². The molecule has 9 heteroatoms. The lowest BCUT2D eigenvalue weighted by Crippen LogP contribution is -2.23. The van der Waals surface area contributed by atoms with E-state index in [-0.39, 0.29) is 16.3 Å². The van der Waals surface area contributed by atoms with Crippen LogP contribution in [-0.4, -0.2) is 33.1 Å². The van der Waals surface area contributed by atoms with Crippen LogP contribution in [0.2, 0.25) is 5.02 Å². The van der Waals surface area contributed by atoms with E-state index in [9.17, 15) is 9.59 Å². The molecule has 0 aliphatic carbocycles.